The second-order valence-electron chi connectivity index (χ2n) is 4.32. The minimum atomic E-state index is -0.898. The number of hydrogen-bond donors (Lipinski definition) is 1. The highest BCUT2D eigenvalue weighted by molar-refractivity contribution is 5.94. The van der Waals surface area contributed by atoms with Crippen molar-refractivity contribution in [1.82, 2.24) is 9.88 Å². The highest BCUT2D eigenvalue weighted by Crippen LogP contribution is 2.18. The molecule has 96 valence electrons. The second kappa shape index (κ2) is 5.12. The van der Waals surface area contributed by atoms with Crippen LogP contribution in [0.1, 0.15) is 23.2 Å². The van der Waals surface area contributed by atoms with Gasteiger partial charge in [0.05, 0.1) is 17.7 Å². The van der Waals surface area contributed by atoms with E-state index in [-0.39, 0.29) is 18.0 Å². The first-order chi connectivity index (χ1) is 8.58. The number of nitrogens with zero attached hydrogens (tertiary/aromatic N) is 2. The van der Waals surface area contributed by atoms with Gasteiger partial charge < -0.3 is 10.0 Å². The number of aromatic nitrogens is 1. The van der Waals surface area contributed by atoms with E-state index in [0.717, 1.165) is 12.3 Å². The lowest BCUT2D eigenvalue weighted by Crippen LogP contribution is -2.42. The summed E-state index contributed by atoms with van der Waals surface area (Å²) >= 11 is 0. The summed E-state index contributed by atoms with van der Waals surface area (Å²) in [5.41, 5.74) is 0.154. The third kappa shape index (κ3) is 2.64. The predicted molar refractivity (Wildman–Crippen MR) is 60.5 cm³/mol. The zero-order valence-corrected chi connectivity index (χ0v) is 9.67. The van der Waals surface area contributed by atoms with Crippen LogP contribution in [0.25, 0.3) is 0 Å². The van der Waals surface area contributed by atoms with Gasteiger partial charge in [0, 0.05) is 19.3 Å². The largest absolute Gasteiger partial charge is 0.481 e. The molecule has 1 amide bonds. The molecule has 0 aliphatic carbocycles. The van der Waals surface area contributed by atoms with Gasteiger partial charge in [-0.25, -0.2) is 4.39 Å². The van der Waals surface area contributed by atoms with Gasteiger partial charge in [0.1, 0.15) is 5.82 Å². The molecule has 1 atom stereocenters. The lowest BCUT2D eigenvalue weighted by Gasteiger charge is -2.30. The van der Waals surface area contributed by atoms with E-state index in [9.17, 15) is 14.0 Å². The van der Waals surface area contributed by atoms with Gasteiger partial charge in [-0.15, -0.1) is 0 Å². The minimum Gasteiger partial charge on any atom is -0.481 e. The summed E-state index contributed by atoms with van der Waals surface area (Å²) in [4.78, 5) is 28.0. The maximum Gasteiger partial charge on any atom is 0.308 e. The maximum atomic E-state index is 13.0. The topological polar surface area (TPSA) is 70.5 Å². The smallest absolute Gasteiger partial charge is 0.308 e. The molecule has 2 rings (SSSR count). The van der Waals surface area contributed by atoms with Crippen molar-refractivity contribution < 1.29 is 19.1 Å². The lowest BCUT2D eigenvalue weighted by atomic mass is 9.98. The van der Waals surface area contributed by atoms with Crippen LogP contribution in [-0.4, -0.2) is 40.0 Å². The number of aliphatic carboxylic acids is 1. The summed E-state index contributed by atoms with van der Waals surface area (Å²) in [7, 11) is 0. The monoisotopic (exact) mass is 252 g/mol. The van der Waals surface area contributed by atoms with E-state index in [0.29, 0.717) is 19.4 Å². The summed E-state index contributed by atoms with van der Waals surface area (Å²) in [6.45, 7) is 0.670. The Bertz CT molecular complexity index is 478. The Kier molecular flexibility index (Phi) is 3.55. The first-order valence-electron chi connectivity index (χ1n) is 5.70. The molecular weight excluding hydrogens is 239 g/mol. The third-order valence-corrected chi connectivity index (χ3v) is 3.01. The molecule has 1 aliphatic heterocycles. The fourth-order valence-corrected chi connectivity index (χ4v) is 2.07. The van der Waals surface area contributed by atoms with Crippen molar-refractivity contribution in [3.05, 3.63) is 29.8 Å². The molecule has 1 aliphatic rings. The van der Waals surface area contributed by atoms with Gasteiger partial charge in [-0.2, -0.15) is 0 Å². The Morgan fingerprint density at radius 3 is 2.89 bits per heavy atom. The summed E-state index contributed by atoms with van der Waals surface area (Å²) in [5.74, 6) is -2.38. The highest BCUT2D eigenvalue weighted by Gasteiger charge is 2.28. The number of piperidine rings is 1. The number of carboxylic acid groups (broad SMARTS) is 1. The second-order valence-corrected chi connectivity index (χ2v) is 4.32. The predicted octanol–water partition coefficient (Wildman–Crippen LogP) is 1.16. The van der Waals surface area contributed by atoms with Gasteiger partial charge in [-0.3, -0.25) is 14.6 Å². The molecule has 1 aromatic heterocycles. The molecule has 1 N–H and O–H groups in total. The van der Waals surface area contributed by atoms with E-state index in [1.54, 1.807) is 0 Å². The van der Waals surface area contributed by atoms with Crippen molar-refractivity contribution in [2.75, 3.05) is 13.1 Å². The van der Waals surface area contributed by atoms with Crippen molar-refractivity contribution in [3.8, 4) is 0 Å². The first kappa shape index (κ1) is 12.5. The molecule has 1 aromatic rings. The molecule has 5 nitrogen and oxygen atoms in total. The van der Waals surface area contributed by atoms with Crippen LogP contribution in [0.2, 0.25) is 0 Å². The van der Waals surface area contributed by atoms with Crippen LogP contribution in [0.15, 0.2) is 18.5 Å². The van der Waals surface area contributed by atoms with E-state index < -0.39 is 17.7 Å². The van der Waals surface area contributed by atoms with E-state index in [1.807, 2.05) is 0 Å². The van der Waals surface area contributed by atoms with Gasteiger partial charge in [-0.1, -0.05) is 0 Å². The number of carboxylic acids is 1. The summed E-state index contributed by atoms with van der Waals surface area (Å²) < 4.78 is 13.0. The molecular formula is C12H13FN2O3. The number of halogens is 1. The Morgan fingerprint density at radius 1 is 1.44 bits per heavy atom. The van der Waals surface area contributed by atoms with Gasteiger partial charge in [0.2, 0.25) is 0 Å². The Morgan fingerprint density at radius 2 is 2.22 bits per heavy atom. The van der Waals surface area contributed by atoms with Crippen molar-refractivity contribution in [2.45, 2.75) is 12.8 Å². The van der Waals surface area contributed by atoms with Crippen LogP contribution in [0.3, 0.4) is 0 Å². The number of hydrogen-bond acceptors (Lipinski definition) is 3. The van der Waals surface area contributed by atoms with Crippen LogP contribution in [0.4, 0.5) is 4.39 Å². The van der Waals surface area contributed by atoms with Crippen molar-refractivity contribution >= 4 is 11.9 Å². The molecule has 0 spiro atoms. The molecule has 0 radical (unpaired) electrons. The fourth-order valence-electron chi connectivity index (χ4n) is 2.07. The molecule has 1 fully saturated rings. The molecule has 0 unspecified atom stereocenters. The van der Waals surface area contributed by atoms with E-state index in [1.165, 1.54) is 11.1 Å². The van der Waals surface area contributed by atoms with Gasteiger partial charge in [0.25, 0.3) is 5.91 Å². The van der Waals surface area contributed by atoms with Gasteiger partial charge in [-0.05, 0) is 18.9 Å². The Labute approximate surface area is 103 Å². The first-order valence-corrected chi connectivity index (χ1v) is 5.70. The van der Waals surface area contributed by atoms with Crippen LogP contribution >= 0.6 is 0 Å². The molecule has 0 aromatic carbocycles. The zero-order chi connectivity index (χ0) is 13.1. The van der Waals surface area contributed by atoms with Crippen molar-refractivity contribution in [2.24, 2.45) is 5.92 Å². The van der Waals surface area contributed by atoms with Crippen molar-refractivity contribution in [1.29, 1.82) is 0 Å². The molecule has 2 heterocycles. The number of amides is 1. The number of carbonyl (C=O) groups is 2. The zero-order valence-electron chi connectivity index (χ0n) is 9.67. The summed E-state index contributed by atoms with van der Waals surface area (Å²) in [5, 5.41) is 8.94. The number of carbonyl (C=O) groups excluding carboxylic acids is 1. The Hall–Kier alpha value is -1.98. The standard InChI is InChI=1S/C12H13FN2O3/c13-10-4-9(5-14-6-10)11(16)15-3-1-2-8(7-15)12(17)18/h4-6,8H,1-3,7H2,(H,17,18)/t8-/m0/s1. The van der Waals surface area contributed by atoms with E-state index in [4.69, 9.17) is 5.11 Å². The number of likely N-dealkylation sites (tertiary alicyclic amines) is 1. The number of rotatable bonds is 2. The summed E-state index contributed by atoms with van der Waals surface area (Å²) in [6.07, 6.45) is 3.52. The SMILES string of the molecule is O=C(O)[C@H]1CCCN(C(=O)c2cncc(F)c2)C1. The molecule has 18 heavy (non-hydrogen) atoms. The van der Waals surface area contributed by atoms with Crippen LogP contribution in [0.5, 0.6) is 0 Å². The molecule has 0 saturated carbocycles. The average molecular weight is 252 g/mol. The quantitative estimate of drug-likeness (QED) is 0.857. The molecule has 0 bridgehead atoms. The van der Waals surface area contributed by atoms with E-state index >= 15 is 0 Å². The van der Waals surface area contributed by atoms with Gasteiger partial charge in [0.15, 0.2) is 0 Å². The van der Waals surface area contributed by atoms with Crippen molar-refractivity contribution in [3.63, 3.8) is 0 Å². The third-order valence-electron chi connectivity index (χ3n) is 3.01. The number of pyridine rings is 1. The highest BCUT2D eigenvalue weighted by atomic mass is 19.1. The molecule has 1 saturated heterocycles. The van der Waals surface area contributed by atoms with Gasteiger partial charge >= 0.3 is 5.97 Å². The lowest BCUT2D eigenvalue weighted by molar-refractivity contribution is -0.143. The summed E-state index contributed by atoms with van der Waals surface area (Å²) in [6, 6.07) is 1.11. The van der Waals surface area contributed by atoms with Crippen LogP contribution in [-0.2, 0) is 4.79 Å². The normalized spacial score (nSPS) is 19.6. The molecule has 6 heteroatoms. The Balaban J connectivity index is 2.11. The maximum absolute atomic E-state index is 13.0. The van der Waals surface area contributed by atoms with E-state index in [2.05, 4.69) is 4.98 Å². The van der Waals surface area contributed by atoms with Crippen LogP contribution < -0.4 is 0 Å². The minimum absolute atomic E-state index is 0.154. The van der Waals surface area contributed by atoms with Crippen LogP contribution in [0, 0.1) is 11.7 Å². The average Bonchev–Trinajstić information content (AvgIpc) is 2.38. The fraction of sp³-hybridized carbons (Fsp3) is 0.417.